The van der Waals surface area contributed by atoms with Gasteiger partial charge in [-0.15, -0.1) is 11.3 Å². The first-order valence-electron chi connectivity index (χ1n) is 9.71. The zero-order chi connectivity index (χ0) is 20.8. The number of amides is 1. The van der Waals surface area contributed by atoms with Crippen LogP contribution in [0, 0.1) is 0 Å². The number of aryl methyl sites for hydroxylation is 1. The van der Waals surface area contributed by atoms with E-state index in [0.29, 0.717) is 18.0 Å². The largest absolute Gasteiger partial charge is 0.497 e. The molecule has 0 aliphatic carbocycles. The second-order valence-corrected chi connectivity index (χ2v) is 7.95. The Labute approximate surface area is 179 Å². The number of thiazole rings is 1. The first kappa shape index (κ1) is 19.9. The summed E-state index contributed by atoms with van der Waals surface area (Å²) >= 11 is 1.49. The van der Waals surface area contributed by atoms with Gasteiger partial charge in [-0.05, 0) is 29.8 Å². The van der Waals surface area contributed by atoms with Crippen molar-refractivity contribution in [3.8, 4) is 17.1 Å². The number of hydrogen-bond donors (Lipinski definition) is 1. The van der Waals surface area contributed by atoms with E-state index in [9.17, 15) is 4.79 Å². The van der Waals surface area contributed by atoms with Crippen LogP contribution in [0.25, 0.3) is 11.3 Å². The SMILES string of the molecule is COc1ccc(Cc2cnc(NC(=O)CCc3ccc(-c4ccccc4)o3)s2)cc1. The molecule has 1 amide bonds. The second-order valence-electron chi connectivity index (χ2n) is 6.84. The lowest BCUT2D eigenvalue weighted by atomic mass is 10.1. The minimum atomic E-state index is -0.0713. The third-order valence-electron chi connectivity index (χ3n) is 4.66. The van der Waals surface area contributed by atoms with Crippen molar-refractivity contribution in [1.29, 1.82) is 0 Å². The molecule has 0 spiro atoms. The van der Waals surface area contributed by atoms with E-state index >= 15 is 0 Å². The zero-order valence-corrected chi connectivity index (χ0v) is 17.4. The highest BCUT2D eigenvalue weighted by molar-refractivity contribution is 7.15. The summed E-state index contributed by atoms with van der Waals surface area (Å²) in [5.74, 6) is 2.37. The number of benzene rings is 2. The number of furan rings is 1. The van der Waals surface area contributed by atoms with Crippen LogP contribution in [0.1, 0.15) is 22.6 Å². The molecule has 1 N–H and O–H groups in total. The molecule has 4 aromatic rings. The Morgan fingerprint density at radius 2 is 1.87 bits per heavy atom. The van der Waals surface area contributed by atoms with Crippen LogP contribution in [0.3, 0.4) is 0 Å². The van der Waals surface area contributed by atoms with Crippen LogP contribution in [0.5, 0.6) is 5.75 Å². The normalized spacial score (nSPS) is 10.7. The van der Waals surface area contributed by atoms with E-state index in [-0.39, 0.29) is 5.91 Å². The van der Waals surface area contributed by atoms with Crippen molar-refractivity contribution in [2.45, 2.75) is 19.3 Å². The molecule has 0 bridgehead atoms. The minimum absolute atomic E-state index is 0.0713. The van der Waals surface area contributed by atoms with E-state index in [0.717, 1.165) is 34.1 Å². The molecule has 0 aliphatic heterocycles. The van der Waals surface area contributed by atoms with Crippen LogP contribution in [-0.4, -0.2) is 18.0 Å². The summed E-state index contributed by atoms with van der Waals surface area (Å²) in [4.78, 5) is 17.7. The van der Waals surface area contributed by atoms with Gasteiger partial charge < -0.3 is 14.5 Å². The molecule has 2 heterocycles. The van der Waals surface area contributed by atoms with Gasteiger partial charge >= 0.3 is 0 Å². The zero-order valence-electron chi connectivity index (χ0n) is 16.6. The lowest BCUT2D eigenvalue weighted by Crippen LogP contribution is -2.11. The number of rotatable bonds is 8. The minimum Gasteiger partial charge on any atom is -0.497 e. The number of carbonyl (C=O) groups excluding carboxylic acids is 1. The number of carbonyl (C=O) groups is 1. The third kappa shape index (κ3) is 5.15. The average molecular weight is 419 g/mol. The maximum atomic E-state index is 12.3. The van der Waals surface area contributed by atoms with Crippen molar-refractivity contribution < 1.29 is 13.9 Å². The number of hydrogen-bond acceptors (Lipinski definition) is 5. The van der Waals surface area contributed by atoms with Crippen LogP contribution in [0.15, 0.2) is 77.3 Å². The van der Waals surface area contributed by atoms with Gasteiger partial charge in [-0.2, -0.15) is 0 Å². The maximum Gasteiger partial charge on any atom is 0.226 e. The smallest absolute Gasteiger partial charge is 0.226 e. The number of methoxy groups -OCH3 is 1. The predicted molar refractivity (Wildman–Crippen MR) is 119 cm³/mol. The molecule has 0 radical (unpaired) electrons. The maximum absolute atomic E-state index is 12.3. The summed E-state index contributed by atoms with van der Waals surface area (Å²) in [6.07, 6.45) is 3.47. The Morgan fingerprint density at radius 3 is 2.63 bits per heavy atom. The highest BCUT2D eigenvalue weighted by atomic mass is 32.1. The summed E-state index contributed by atoms with van der Waals surface area (Å²) < 4.78 is 11.0. The Kier molecular flexibility index (Phi) is 6.25. The van der Waals surface area contributed by atoms with E-state index in [4.69, 9.17) is 9.15 Å². The quantitative estimate of drug-likeness (QED) is 0.406. The first-order valence-corrected chi connectivity index (χ1v) is 10.5. The van der Waals surface area contributed by atoms with Gasteiger partial charge in [0.1, 0.15) is 17.3 Å². The fraction of sp³-hybridized carbons (Fsp3) is 0.167. The van der Waals surface area contributed by atoms with E-state index < -0.39 is 0 Å². The summed E-state index contributed by atoms with van der Waals surface area (Å²) in [6, 6.07) is 21.7. The van der Waals surface area contributed by atoms with Gasteiger partial charge in [0.2, 0.25) is 5.91 Å². The monoisotopic (exact) mass is 418 g/mol. The molecule has 152 valence electrons. The summed E-state index contributed by atoms with van der Waals surface area (Å²) in [5.41, 5.74) is 2.20. The van der Waals surface area contributed by atoms with Gasteiger partial charge in [-0.25, -0.2) is 4.98 Å². The number of nitrogens with one attached hydrogen (secondary N) is 1. The van der Waals surface area contributed by atoms with Gasteiger partial charge in [0.05, 0.1) is 7.11 Å². The molecule has 2 aromatic carbocycles. The van der Waals surface area contributed by atoms with Crippen molar-refractivity contribution in [3.63, 3.8) is 0 Å². The van der Waals surface area contributed by atoms with Crippen LogP contribution >= 0.6 is 11.3 Å². The Morgan fingerprint density at radius 1 is 1.07 bits per heavy atom. The molecule has 0 unspecified atom stereocenters. The van der Waals surface area contributed by atoms with Gasteiger partial charge in [0.25, 0.3) is 0 Å². The lowest BCUT2D eigenvalue weighted by Gasteiger charge is -2.02. The van der Waals surface area contributed by atoms with Gasteiger partial charge in [0.15, 0.2) is 5.13 Å². The molecular formula is C24H22N2O3S. The highest BCUT2D eigenvalue weighted by Crippen LogP contribution is 2.24. The number of anilines is 1. The molecule has 0 atom stereocenters. The van der Waals surface area contributed by atoms with Crippen LogP contribution in [0.4, 0.5) is 5.13 Å². The summed E-state index contributed by atoms with van der Waals surface area (Å²) in [7, 11) is 1.65. The average Bonchev–Trinajstić information content (AvgIpc) is 3.43. The Balaban J connectivity index is 1.28. The van der Waals surface area contributed by atoms with E-state index in [1.807, 2.05) is 72.9 Å². The molecule has 30 heavy (non-hydrogen) atoms. The molecule has 0 saturated heterocycles. The van der Waals surface area contributed by atoms with Crippen LogP contribution < -0.4 is 10.1 Å². The molecule has 6 heteroatoms. The number of nitrogens with zero attached hydrogens (tertiary/aromatic N) is 1. The van der Waals surface area contributed by atoms with Crippen LogP contribution in [-0.2, 0) is 17.6 Å². The molecular weight excluding hydrogens is 396 g/mol. The lowest BCUT2D eigenvalue weighted by molar-refractivity contribution is -0.116. The van der Waals surface area contributed by atoms with Crippen molar-refractivity contribution in [1.82, 2.24) is 4.98 Å². The fourth-order valence-electron chi connectivity index (χ4n) is 3.08. The van der Waals surface area contributed by atoms with E-state index in [2.05, 4.69) is 10.3 Å². The highest BCUT2D eigenvalue weighted by Gasteiger charge is 2.10. The number of ether oxygens (including phenoxy) is 1. The second kappa shape index (κ2) is 9.41. The van der Waals surface area contributed by atoms with E-state index in [1.165, 1.54) is 16.9 Å². The first-order chi connectivity index (χ1) is 14.7. The van der Waals surface area contributed by atoms with E-state index in [1.54, 1.807) is 7.11 Å². The Hall–Kier alpha value is -3.38. The molecule has 0 saturated carbocycles. The molecule has 0 aliphatic rings. The van der Waals surface area contributed by atoms with Crippen molar-refractivity contribution in [2.24, 2.45) is 0 Å². The van der Waals surface area contributed by atoms with Crippen molar-refractivity contribution in [2.75, 3.05) is 12.4 Å². The Bertz CT molecular complexity index is 1100. The summed E-state index contributed by atoms with van der Waals surface area (Å²) in [5, 5.41) is 3.50. The topological polar surface area (TPSA) is 64.4 Å². The predicted octanol–water partition coefficient (Wildman–Crippen LogP) is 5.57. The van der Waals surface area contributed by atoms with Crippen molar-refractivity contribution in [3.05, 3.63) is 89.1 Å². The van der Waals surface area contributed by atoms with Gasteiger partial charge in [-0.3, -0.25) is 4.79 Å². The standard InChI is InChI=1S/C24H22N2O3S/c1-28-19-9-7-17(8-10-19)15-21-16-25-24(30-21)26-23(27)14-12-20-11-13-22(29-20)18-5-3-2-4-6-18/h2-11,13,16H,12,14-15H2,1H3,(H,25,26,27). The van der Waals surface area contributed by atoms with Crippen LogP contribution in [0.2, 0.25) is 0 Å². The number of aromatic nitrogens is 1. The van der Waals surface area contributed by atoms with Gasteiger partial charge in [-0.1, -0.05) is 42.5 Å². The third-order valence-corrected chi connectivity index (χ3v) is 5.57. The molecule has 0 fully saturated rings. The molecule has 4 rings (SSSR count). The van der Waals surface area contributed by atoms with Crippen molar-refractivity contribution >= 4 is 22.4 Å². The van der Waals surface area contributed by atoms with Gasteiger partial charge in [0, 0.05) is 35.9 Å². The fourth-order valence-corrected chi connectivity index (χ4v) is 3.94. The molecule has 2 aromatic heterocycles. The summed E-state index contributed by atoms with van der Waals surface area (Å²) in [6.45, 7) is 0. The molecule has 5 nitrogen and oxygen atoms in total.